The Kier molecular flexibility index (Phi) is 5.65. The molecule has 1 atom stereocenters. The molecule has 1 rings (SSSR count). The van der Waals surface area contributed by atoms with Crippen LogP contribution in [-0.2, 0) is 0 Å². The second kappa shape index (κ2) is 6.77. The van der Waals surface area contributed by atoms with Crippen LogP contribution in [0.4, 0.5) is 0 Å². The van der Waals surface area contributed by atoms with E-state index in [1.54, 1.807) is 17.8 Å². The molecule has 0 saturated heterocycles. The molecule has 0 heterocycles. The lowest BCUT2D eigenvalue weighted by Gasteiger charge is -2.11. The van der Waals surface area contributed by atoms with Gasteiger partial charge in [-0.1, -0.05) is 18.5 Å². The zero-order chi connectivity index (χ0) is 12.8. The van der Waals surface area contributed by atoms with Gasteiger partial charge in [-0.25, -0.2) is 0 Å². The highest BCUT2D eigenvalue weighted by atomic mass is 35.5. The van der Waals surface area contributed by atoms with Crippen molar-refractivity contribution < 1.29 is 9.90 Å². The Hall–Kier alpha value is -0.870. The molecule has 0 saturated carbocycles. The van der Waals surface area contributed by atoms with Gasteiger partial charge in [0.1, 0.15) is 5.75 Å². The van der Waals surface area contributed by atoms with Crippen molar-refractivity contribution in [2.24, 2.45) is 5.92 Å². The van der Waals surface area contributed by atoms with Crippen LogP contribution < -0.4 is 5.32 Å². The summed E-state index contributed by atoms with van der Waals surface area (Å²) in [6.45, 7) is 2.65. The van der Waals surface area contributed by atoms with Crippen LogP contribution in [0.15, 0.2) is 18.2 Å². The fraction of sp³-hybridized carbons (Fsp3) is 0.417. The average molecular weight is 274 g/mol. The molecule has 0 aliphatic heterocycles. The normalized spacial score (nSPS) is 12.2. The molecule has 1 aromatic carbocycles. The van der Waals surface area contributed by atoms with E-state index in [9.17, 15) is 9.90 Å². The third-order valence-corrected chi connectivity index (χ3v) is 3.40. The van der Waals surface area contributed by atoms with Gasteiger partial charge in [-0.05, 0) is 36.1 Å². The summed E-state index contributed by atoms with van der Waals surface area (Å²) in [5, 5.41) is 12.8. The second-order valence-corrected chi connectivity index (χ2v) is 5.28. The lowest BCUT2D eigenvalue weighted by molar-refractivity contribution is 0.0946. The summed E-state index contributed by atoms with van der Waals surface area (Å²) in [4.78, 5) is 11.8. The van der Waals surface area contributed by atoms with E-state index in [4.69, 9.17) is 11.6 Å². The predicted molar refractivity (Wildman–Crippen MR) is 73.0 cm³/mol. The second-order valence-electron chi connectivity index (χ2n) is 3.93. The van der Waals surface area contributed by atoms with E-state index < -0.39 is 0 Å². The number of phenolic OH excluding ortho intramolecular Hbond substituents is 1. The van der Waals surface area contributed by atoms with E-state index in [1.807, 2.05) is 6.26 Å². The Morgan fingerprint density at radius 2 is 2.29 bits per heavy atom. The molecule has 0 bridgehead atoms. The zero-order valence-electron chi connectivity index (χ0n) is 9.87. The van der Waals surface area contributed by atoms with Crippen molar-refractivity contribution in [1.82, 2.24) is 5.32 Å². The van der Waals surface area contributed by atoms with Crippen molar-refractivity contribution in [2.75, 3.05) is 18.6 Å². The first-order chi connectivity index (χ1) is 8.04. The van der Waals surface area contributed by atoms with Crippen LogP contribution in [0, 0.1) is 5.92 Å². The molecular formula is C12H16ClNO2S. The van der Waals surface area contributed by atoms with Crippen molar-refractivity contribution in [3.05, 3.63) is 28.8 Å². The summed E-state index contributed by atoms with van der Waals surface area (Å²) >= 11 is 7.52. The van der Waals surface area contributed by atoms with Gasteiger partial charge in [0.15, 0.2) is 0 Å². The number of benzene rings is 1. The lowest BCUT2D eigenvalue weighted by atomic mass is 10.1. The van der Waals surface area contributed by atoms with Gasteiger partial charge in [-0.3, -0.25) is 4.79 Å². The van der Waals surface area contributed by atoms with Crippen LogP contribution >= 0.6 is 23.4 Å². The Labute approximate surface area is 111 Å². The zero-order valence-corrected chi connectivity index (χ0v) is 11.4. The van der Waals surface area contributed by atoms with Gasteiger partial charge >= 0.3 is 0 Å². The molecule has 94 valence electrons. The number of amides is 1. The number of hydrogen-bond donors (Lipinski definition) is 2. The monoisotopic (exact) mass is 273 g/mol. The van der Waals surface area contributed by atoms with Crippen molar-refractivity contribution in [3.63, 3.8) is 0 Å². The first-order valence-corrected chi connectivity index (χ1v) is 7.07. The Bertz CT molecular complexity index is 398. The molecule has 0 aromatic heterocycles. The maximum absolute atomic E-state index is 11.8. The molecule has 3 nitrogen and oxygen atoms in total. The number of halogens is 1. The molecule has 0 fully saturated rings. The fourth-order valence-electron chi connectivity index (χ4n) is 1.40. The van der Waals surface area contributed by atoms with Gasteiger partial charge < -0.3 is 10.4 Å². The van der Waals surface area contributed by atoms with Crippen LogP contribution in [0.25, 0.3) is 0 Å². The minimum absolute atomic E-state index is 0.0515. The molecule has 1 unspecified atom stereocenters. The predicted octanol–water partition coefficient (Wildman–Crippen LogP) is 2.77. The standard InChI is InChI=1S/C12H16ClNO2S/c1-8(7-17-2)6-14-12(16)10-5-9(13)3-4-11(10)15/h3-5,8,15H,6-7H2,1-2H3,(H,14,16). The third kappa shape index (κ3) is 4.48. The molecule has 0 aliphatic rings. The number of carbonyl (C=O) groups is 1. The summed E-state index contributed by atoms with van der Waals surface area (Å²) in [5.41, 5.74) is 0.217. The van der Waals surface area contributed by atoms with Gasteiger partial charge in [0.25, 0.3) is 5.91 Å². The first kappa shape index (κ1) is 14.2. The molecule has 0 spiro atoms. The highest BCUT2D eigenvalue weighted by molar-refractivity contribution is 7.98. The topological polar surface area (TPSA) is 49.3 Å². The number of aromatic hydroxyl groups is 1. The van der Waals surface area contributed by atoms with Crippen molar-refractivity contribution >= 4 is 29.3 Å². The Morgan fingerprint density at radius 3 is 2.94 bits per heavy atom. The van der Waals surface area contributed by atoms with Gasteiger partial charge in [-0.15, -0.1) is 0 Å². The number of thioether (sulfide) groups is 1. The lowest BCUT2D eigenvalue weighted by Crippen LogP contribution is -2.29. The van der Waals surface area contributed by atoms with Crippen LogP contribution in [0.5, 0.6) is 5.75 Å². The van der Waals surface area contributed by atoms with Crippen LogP contribution in [0.3, 0.4) is 0 Å². The fourth-order valence-corrected chi connectivity index (χ4v) is 2.25. The highest BCUT2D eigenvalue weighted by Gasteiger charge is 2.12. The quantitative estimate of drug-likeness (QED) is 0.867. The summed E-state index contributed by atoms with van der Waals surface area (Å²) in [5.74, 6) is 1.04. The highest BCUT2D eigenvalue weighted by Crippen LogP contribution is 2.21. The van der Waals surface area contributed by atoms with Gasteiger partial charge in [0.05, 0.1) is 5.56 Å². The summed E-state index contributed by atoms with van der Waals surface area (Å²) < 4.78 is 0. The van der Waals surface area contributed by atoms with E-state index >= 15 is 0 Å². The van der Waals surface area contributed by atoms with Gasteiger partial charge in [-0.2, -0.15) is 11.8 Å². The number of rotatable bonds is 5. The average Bonchev–Trinajstić information content (AvgIpc) is 2.29. The molecule has 5 heteroatoms. The minimum atomic E-state index is -0.294. The number of phenols is 1. The van der Waals surface area contributed by atoms with Crippen molar-refractivity contribution in [1.29, 1.82) is 0 Å². The smallest absolute Gasteiger partial charge is 0.255 e. The molecule has 0 radical (unpaired) electrons. The van der Waals surface area contributed by atoms with Crippen molar-refractivity contribution in [2.45, 2.75) is 6.92 Å². The molecule has 0 aliphatic carbocycles. The number of hydrogen-bond acceptors (Lipinski definition) is 3. The van der Waals surface area contributed by atoms with Crippen LogP contribution in [0.2, 0.25) is 5.02 Å². The summed E-state index contributed by atoms with van der Waals surface area (Å²) in [6.07, 6.45) is 2.03. The molecular weight excluding hydrogens is 258 g/mol. The van der Waals surface area contributed by atoms with E-state index in [-0.39, 0.29) is 17.2 Å². The number of nitrogens with one attached hydrogen (secondary N) is 1. The molecule has 1 aromatic rings. The minimum Gasteiger partial charge on any atom is -0.507 e. The Morgan fingerprint density at radius 1 is 1.59 bits per heavy atom. The van der Waals surface area contributed by atoms with Crippen molar-refractivity contribution in [3.8, 4) is 5.75 Å². The maximum atomic E-state index is 11.8. The SMILES string of the molecule is CSCC(C)CNC(=O)c1cc(Cl)ccc1O. The largest absolute Gasteiger partial charge is 0.507 e. The van der Waals surface area contributed by atoms with Crippen LogP contribution in [0.1, 0.15) is 17.3 Å². The van der Waals surface area contributed by atoms with E-state index in [0.717, 1.165) is 5.75 Å². The van der Waals surface area contributed by atoms with E-state index in [2.05, 4.69) is 12.2 Å². The van der Waals surface area contributed by atoms with E-state index in [1.165, 1.54) is 12.1 Å². The van der Waals surface area contributed by atoms with E-state index in [0.29, 0.717) is 17.5 Å². The first-order valence-electron chi connectivity index (χ1n) is 5.30. The maximum Gasteiger partial charge on any atom is 0.255 e. The summed E-state index contributed by atoms with van der Waals surface area (Å²) in [7, 11) is 0. The van der Waals surface area contributed by atoms with Gasteiger partial charge in [0, 0.05) is 11.6 Å². The molecule has 1 amide bonds. The Balaban J connectivity index is 2.61. The molecule has 2 N–H and O–H groups in total. The molecule has 17 heavy (non-hydrogen) atoms. The van der Waals surface area contributed by atoms with Gasteiger partial charge in [0.2, 0.25) is 0 Å². The third-order valence-electron chi connectivity index (χ3n) is 2.27. The summed E-state index contributed by atoms with van der Waals surface area (Å²) in [6, 6.07) is 4.43. The number of carbonyl (C=O) groups excluding carboxylic acids is 1. The van der Waals surface area contributed by atoms with Crippen LogP contribution in [-0.4, -0.2) is 29.6 Å².